The van der Waals surface area contributed by atoms with Crippen molar-refractivity contribution >= 4 is 17.7 Å². The average Bonchev–Trinajstić information content (AvgIpc) is 2.96. The Morgan fingerprint density at radius 2 is 2.24 bits per heavy atom. The van der Waals surface area contributed by atoms with Crippen molar-refractivity contribution in [2.75, 3.05) is 20.0 Å². The summed E-state index contributed by atoms with van der Waals surface area (Å²) in [6, 6.07) is -0.890. The highest BCUT2D eigenvalue weighted by Gasteiger charge is 2.45. The Morgan fingerprint density at radius 3 is 2.81 bits per heavy atom. The Hall–Kier alpha value is -1.20. The van der Waals surface area contributed by atoms with Gasteiger partial charge in [0.15, 0.2) is 5.69 Å². The fourth-order valence-electron chi connectivity index (χ4n) is 2.20. The Labute approximate surface area is 124 Å². The molecule has 3 unspecified atom stereocenters. The normalized spacial score (nSPS) is 32.9. The predicted octanol–water partition coefficient (Wildman–Crippen LogP) is -1.59. The number of aliphatic hydroxyl groups excluding tert-OH is 3. The highest BCUT2D eigenvalue weighted by atomic mass is 32.2. The minimum absolute atomic E-state index is 0.0374. The summed E-state index contributed by atoms with van der Waals surface area (Å²) in [5.74, 6) is -0.669. The first-order valence-corrected chi connectivity index (χ1v) is 7.47. The molecule has 3 N–H and O–H groups in total. The van der Waals surface area contributed by atoms with Crippen molar-refractivity contribution in [3.63, 3.8) is 0 Å². The van der Waals surface area contributed by atoms with Gasteiger partial charge in [0.2, 0.25) is 0 Å². The van der Waals surface area contributed by atoms with Gasteiger partial charge in [0.1, 0.15) is 29.8 Å². The summed E-state index contributed by atoms with van der Waals surface area (Å²) in [6.07, 6.45) is -0.120. The van der Waals surface area contributed by atoms with Gasteiger partial charge >= 0.3 is 5.97 Å². The Morgan fingerprint density at radius 1 is 1.52 bits per heavy atom. The molecule has 0 amide bonds. The maximum Gasteiger partial charge on any atom is 0.360 e. The summed E-state index contributed by atoms with van der Waals surface area (Å²) in [5, 5.41) is 37.1. The second kappa shape index (κ2) is 6.71. The van der Waals surface area contributed by atoms with Crippen molar-refractivity contribution in [3.05, 3.63) is 11.9 Å². The zero-order valence-electron chi connectivity index (χ0n) is 11.5. The summed E-state index contributed by atoms with van der Waals surface area (Å²) < 4.78 is 11.1. The van der Waals surface area contributed by atoms with Crippen molar-refractivity contribution in [1.82, 2.24) is 15.0 Å². The van der Waals surface area contributed by atoms with Gasteiger partial charge in [-0.15, -0.1) is 16.9 Å². The molecule has 1 aromatic heterocycles. The fraction of sp³-hybridized carbons (Fsp3) is 0.727. The van der Waals surface area contributed by atoms with E-state index in [4.69, 9.17) is 4.74 Å². The first-order valence-electron chi connectivity index (χ1n) is 6.18. The van der Waals surface area contributed by atoms with Crippen LogP contribution < -0.4 is 0 Å². The van der Waals surface area contributed by atoms with Gasteiger partial charge in [-0.3, -0.25) is 0 Å². The molecule has 1 aliphatic heterocycles. The van der Waals surface area contributed by atoms with Crippen LogP contribution in [0.3, 0.4) is 0 Å². The van der Waals surface area contributed by atoms with Crippen LogP contribution in [0.5, 0.6) is 0 Å². The summed E-state index contributed by atoms with van der Waals surface area (Å²) in [6.45, 7) is -0.403. The lowest BCUT2D eigenvalue weighted by Gasteiger charge is -2.41. The van der Waals surface area contributed by atoms with Gasteiger partial charge < -0.3 is 24.8 Å². The predicted molar refractivity (Wildman–Crippen MR) is 71.7 cm³/mol. The molecule has 1 fully saturated rings. The van der Waals surface area contributed by atoms with Gasteiger partial charge in [0, 0.05) is 0 Å². The zero-order valence-corrected chi connectivity index (χ0v) is 12.3. The smallest absolute Gasteiger partial charge is 0.360 e. The molecule has 0 aliphatic carbocycles. The number of hydrogen-bond donors (Lipinski definition) is 3. The fourth-order valence-corrected chi connectivity index (χ4v) is 2.89. The molecule has 1 aliphatic rings. The molecule has 21 heavy (non-hydrogen) atoms. The Bertz CT molecular complexity index is 482. The van der Waals surface area contributed by atoms with E-state index in [1.54, 1.807) is 6.26 Å². The van der Waals surface area contributed by atoms with E-state index in [1.165, 1.54) is 29.8 Å². The maximum atomic E-state index is 11.4. The quantitative estimate of drug-likeness (QED) is 0.563. The van der Waals surface area contributed by atoms with Gasteiger partial charge in [-0.2, -0.15) is 0 Å². The maximum absolute atomic E-state index is 11.4. The topological polar surface area (TPSA) is 127 Å². The van der Waals surface area contributed by atoms with Crippen molar-refractivity contribution < 1.29 is 29.6 Å². The van der Waals surface area contributed by atoms with Crippen LogP contribution in [0.25, 0.3) is 0 Å². The standard InChI is InChI=1S/C11H17N3O6S/c1-19-10(18)5-3-14(13-12-5)7-8(16)6(4-15)20-11(21-2)9(7)17/h3,6-9,11,15-17H,4H2,1-2H3/t6?,7?,8-,9?,11-/m0/s1. The van der Waals surface area contributed by atoms with Crippen LogP contribution in [0.15, 0.2) is 6.20 Å². The van der Waals surface area contributed by atoms with Crippen molar-refractivity contribution in [2.45, 2.75) is 29.8 Å². The summed E-state index contributed by atoms with van der Waals surface area (Å²) in [4.78, 5) is 11.4. The van der Waals surface area contributed by atoms with Crippen molar-refractivity contribution in [2.24, 2.45) is 0 Å². The monoisotopic (exact) mass is 319 g/mol. The van der Waals surface area contributed by atoms with Crippen molar-refractivity contribution in [1.29, 1.82) is 0 Å². The highest BCUT2D eigenvalue weighted by molar-refractivity contribution is 7.99. The number of methoxy groups -OCH3 is 1. The largest absolute Gasteiger partial charge is 0.464 e. The lowest BCUT2D eigenvalue weighted by atomic mass is 9.97. The number of rotatable bonds is 4. The van der Waals surface area contributed by atoms with Gasteiger partial charge in [0.25, 0.3) is 0 Å². The highest BCUT2D eigenvalue weighted by Crippen LogP contribution is 2.33. The molecule has 10 heteroatoms. The van der Waals surface area contributed by atoms with Gasteiger partial charge in [-0.25, -0.2) is 9.48 Å². The number of hydrogen-bond acceptors (Lipinski definition) is 9. The molecular formula is C11H17N3O6S. The molecule has 0 aromatic carbocycles. The third kappa shape index (κ3) is 3.04. The summed E-state index contributed by atoms with van der Waals surface area (Å²) in [7, 11) is 1.21. The molecular weight excluding hydrogens is 302 g/mol. The number of carbonyl (C=O) groups excluding carboxylic acids is 1. The van der Waals surface area contributed by atoms with Gasteiger partial charge in [-0.1, -0.05) is 5.21 Å². The third-order valence-electron chi connectivity index (χ3n) is 3.29. The SMILES string of the molecule is COC(=O)c1cn(C2C(O)[C@H](SC)OC(CO)[C@@H]2O)nn1. The molecule has 1 saturated heterocycles. The molecule has 2 rings (SSSR count). The second-order valence-electron chi connectivity index (χ2n) is 4.51. The van der Waals surface area contributed by atoms with E-state index in [2.05, 4.69) is 15.0 Å². The molecule has 5 atom stereocenters. The Kier molecular flexibility index (Phi) is 5.17. The van der Waals surface area contributed by atoms with Gasteiger partial charge in [-0.05, 0) is 6.26 Å². The summed E-state index contributed by atoms with van der Waals surface area (Å²) in [5.41, 5.74) is -0.675. The van der Waals surface area contributed by atoms with E-state index < -0.39 is 42.4 Å². The van der Waals surface area contributed by atoms with E-state index in [9.17, 15) is 20.1 Å². The first-order chi connectivity index (χ1) is 10.0. The lowest BCUT2D eigenvalue weighted by molar-refractivity contribution is -0.178. The third-order valence-corrected chi connectivity index (χ3v) is 4.15. The molecule has 1 aromatic rings. The van der Waals surface area contributed by atoms with Gasteiger partial charge in [0.05, 0.1) is 19.9 Å². The molecule has 0 spiro atoms. The first kappa shape index (κ1) is 16.2. The van der Waals surface area contributed by atoms with Crippen LogP contribution in [-0.2, 0) is 9.47 Å². The number of esters is 1. The van der Waals surface area contributed by atoms with E-state index in [1.807, 2.05) is 0 Å². The molecule has 9 nitrogen and oxygen atoms in total. The average molecular weight is 319 g/mol. The minimum atomic E-state index is -1.19. The van der Waals surface area contributed by atoms with Crippen molar-refractivity contribution in [3.8, 4) is 0 Å². The van der Waals surface area contributed by atoms with E-state index >= 15 is 0 Å². The van der Waals surface area contributed by atoms with E-state index in [0.717, 1.165) is 0 Å². The Balaban J connectivity index is 2.29. The lowest BCUT2D eigenvalue weighted by Crippen LogP contribution is -2.54. The summed E-state index contributed by atoms with van der Waals surface area (Å²) >= 11 is 1.24. The number of carbonyl (C=O) groups is 1. The van der Waals surface area contributed by atoms with Crippen LogP contribution in [0.4, 0.5) is 0 Å². The molecule has 0 radical (unpaired) electrons. The van der Waals surface area contributed by atoms with Crippen LogP contribution in [0, 0.1) is 0 Å². The van der Waals surface area contributed by atoms with Crippen LogP contribution in [0.2, 0.25) is 0 Å². The zero-order chi connectivity index (χ0) is 15.6. The number of aromatic nitrogens is 3. The number of thioether (sulfide) groups is 1. The van der Waals surface area contributed by atoms with E-state index in [0.29, 0.717) is 0 Å². The second-order valence-corrected chi connectivity index (χ2v) is 5.44. The molecule has 0 bridgehead atoms. The number of aliphatic hydroxyl groups is 3. The molecule has 118 valence electrons. The van der Waals surface area contributed by atoms with Crippen LogP contribution in [0.1, 0.15) is 16.5 Å². The molecule has 2 heterocycles. The van der Waals surface area contributed by atoms with Crippen LogP contribution in [-0.4, -0.2) is 80.0 Å². The van der Waals surface area contributed by atoms with Crippen LogP contribution >= 0.6 is 11.8 Å². The number of ether oxygens (including phenoxy) is 2. The number of nitrogens with zero attached hydrogens (tertiary/aromatic N) is 3. The van der Waals surface area contributed by atoms with E-state index in [-0.39, 0.29) is 5.69 Å². The molecule has 0 saturated carbocycles. The minimum Gasteiger partial charge on any atom is -0.464 e.